The predicted molar refractivity (Wildman–Crippen MR) is 96.4 cm³/mol. The second-order valence-electron chi connectivity index (χ2n) is 6.18. The summed E-state index contributed by atoms with van der Waals surface area (Å²) in [6.07, 6.45) is 1.03. The minimum Gasteiger partial charge on any atom is -0.445 e. The maximum atomic E-state index is 12.1. The summed E-state index contributed by atoms with van der Waals surface area (Å²) in [6.45, 7) is 3.55. The first-order valence-electron chi connectivity index (χ1n) is 8.79. The van der Waals surface area contributed by atoms with Crippen LogP contribution < -0.4 is 16.0 Å². The Labute approximate surface area is 153 Å². The van der Waals surface area contributed by atoms with E-state index in [1.807, 2.05) is 30.3 Å². The Morgan fingerprint density at radius 3 is 2.38 bits per heavy atom. The third-order valence-corrected chi connectivity index (χ3v) is 4.08. The zero-order chi connectivity index (χ0) is 18.8. The fourth-order valence-corrected chi connectivity index (χ4v) is 2.67. The van der Waals surface area contributed by atoms with Crippen molar-refractivity contribution in [1.29, 1.82) is 0 Å². The molecule has 1 aliphatic rings. The lowest BCUT2D eigenvalue weighted by Gasteiger charge is -2.31. The zero-order valence-corrected chi connectivity index (χ0v) is 15.0. The van der Waals surface area contributed by atoms with E-state index in [2.05, 4.69) is 16.0 Å². The van der Waals surface area contributed by atoms with Crippen LogP contribution >= 0.6 is 0 Å². The van der Waals surface area contributed by atoms with Crippen molar-refractivity contribution in [3.63, 3.8) is 0 Å². The molecule has 142 valence electrons. The van der Waals surface area contributed by atoms with E-state index in [1.165, 1.54) is 6.92 Å². The van der Waals surface area contributed by atoms with Crippen molar-refractivity contribution in [3.8, 4) is 0 Å². The fraction of sp³-hybridized carbons (Fsp3) is 0.500. The topological polar surface area (TPSA) is 99.8 Å². The highest BCUT2D eigenvalue weighted by molar-refractivity contribution is 5.75. The van der Waals surface area contributed by atoms with Gasteiger partial charge in [0.05, 0.1) is 0 Å². The molecule has 8 nitrogen and oxygen atoms in total. The normalized spacial score (nSPS) is 14.4. The summed E-state index contributed by atoms with van der Waals surface area (Å²) in [4.78, 5) is 36.3. The van der Waals surface area contributed by atoms with Crippen LogP contribution in [0, 0.1) is 0 Å². The van der Waals surface area contributed by atoms with Crippen LogP contribution in [0.5, 0.6) is 0 Å². The SMILES string of the molecule is CC(=O)NCCNC(=O)NC1CCN(C(=O)OCc2ccccc2)CC1. The van der Waals surface area contributed by atoms with Gasteiger partial charge in [-0.15, -0.1) is 0 Å². The maximum absolute atomic E-state index is 12.1. The highest BCUT2D eigenvalue weighted by Gasteiger charge is 2.24. The molecule has 8 heteroatoms. The highest BCUT2D eigenvalue weighted by atomic mass is 16.6. The first kappa shape index (κ1) is 19.6. The Morgan fingerprint density at radius 2 is 1.73 bits per heavy atom. The van der Waals surface area contributed by atoms with Gasteiger partial charge in [-0.25, -0.2) is 9.59 Å². The first-order valence-corrected chi connectivity index (χ1v) is 8.79. The molecule has 0 radical (unpaired) electrons. The molecule has 26 heavy (non-hydrogen) atoms. The van der Waals surface area contributed by atoms with Crippen molar-refractivity contribution in [1.82, 2.24) is 20.9 Å². The molecule has 0 aromatic heterocycles. The lowest BCUT2D eigenvalue weighted by Crippen LogP contribution is -2.50. The fourth-order valence-electron chi connectivity index (χ4n) is 2.67. The molecule has 0 spiro atoms. The molecule has 4 amide bonds. The molecule has 1 saturated heterocycles. The van der Waals surface area contributed by atoms with Crippen LogP contribution in [-0.4, -0.2) is 55.2 Å². The van der Waals surface area contributed by atoms with Crippen molar-refractivity contribution in [2.24, 2.45) is 0 Å². The smallest absolute Gasteiger partial charge is 0.410 e. The minimum atomic E-state index is -0.327. The second kappa shape index (κ2) is 10.3. The van der Waals surface area contributed by atoms with E-state index in [0.29, 0.717) is 39.0 Å². The molecule has 0 saturated carbocycles. The molecule has 1 fully saturated rings. The van der Waals surface area contributed by atoms with Crippen molar-refractivity contribution in [2.75, 3.05) is 26.2 Å². The number of ether oxygens (including phenoxy) is 1. The first-order chi connectivity index (χ1) is 12.5. The highest BCUT2D eigenvalue weighted by Crippen LogP contribution is 2.12. The van der Waals surface area contributed by atoms with Gasteiger partial charge in [0, 0.05) is 39.1 Å². The Hall–Kier alpha value is -2.77. The number of rotatable bonds is 6. The summed E-state index contributed by atoms with van der Waals surface area (Å²) >= 11 is 0. The third kappa shape index (κ3) is 7.00. The molecule has 1 aromatic rings. The van der Waals surface area contributed by atoms with E-state index in [9.17, 15) is 14.4 Å². The molecular weight excluding hydrogens is 336 g/mol. The number of nitrogens with one attached hydrogen (secondary N) is 3. The average Bonchev–Trinajstić information content (AvgIpc) is 2.64. The van der Waals surface area contributed by atoms with Gasteiger partial charge in [-0.3, -0.25) is 4.79 Å². The summed E-state index contributed by atoms with van der Waals surface area (Å²) in [5, 5.41) is 8.18. The Morgan fingerprint density at radius 1 is 1.08 bits per heavy atom. The van der Waals surface area contributed by atoms with E-state index < -0.39 is 0 Å². The zero-order valence-electron chi connectivity index (χ0n) is 15.0. The molecule has 1 heterocycles. The van der Waals surface area contributed by atoms with E-state index in [1.54, 1.807) is 4.90 Å². The number of piperidine rings is 1. The molecule has 1 aromatic carbocycles. The van der Waals surface area contributed by atoms with E-state index in [4.69, 9.17) is 4.74 Å². The van der Waals surface area contributed by atoms with Gasteiger partial charge in [-0.2, -0.15) is 0 Å². The summed E-state index contributed by atoms with van der Waals surface area (Å²) < 4.78 is 5.32. The van der Waals surface area contributed by atoms with Crippen LogP contribution in [0.4, 0.5) is 9.59 Å². The quantitative estimate of drug-likeness (QED) is 0.663. The Balaban J connectivity index is 1.61. The number of nitrogens with zero attached hydrogens (tertiary/aromatic N) is 1. The molecule has 0 bridgehead atoms. The van der Waals surface area contributed by atoms with Crippen molar-refractivity contribution >= 4 is 18.0 Å². The Bertz CT molecular complexity index is 600. The monoisotopic (exact) mass is 362 g/mol. The number of amides is 4. The van der Waals surface area contributed by atoms with Crippen LogP contribution in [-0.2, 0) is 16.1 Å². The second-order valence-corrected chi connectivity index (χ2v) is 6.18. The third-order valence-electron chi connectivity index (χ3n) is 4.08. The summed E-state index contributed by atoms with van der Waals surface area (Å²) in [5.74, 6) is -0.126. The minimum absolute atomic E-state index is 0.0222. The predicted octanol–water partition coefficient (Wildman–Crippen LogP) is 1.22. The standard InChI is InChI=1S/C18H26N4O4/c1-14(23)19-9-10-20-17(24)21-16-7-11-22(12-8-16)18(25)26-13-15-5-3-2-4-6-15/h2-6,16H,7-13H2,1H3,(H,19,23)(H2,20,21,24). The van der Waals surface area contributed by atoms with E-state index in [-0.39, 0.29) is 30.7 Å². The molecule has 0 atom stereocenters. The number of benzene rings is 1. The number of hydrogen-bond acceptors (Lipinski definition) is 4. The number of carbonyl (C=O) groups is 3. The van der Waals surface area contributed by atoms with Crippen molar-refractivity contribution in [2.45, 2.75) is 32.4 Å². The summed E-state index contributed by atoms with van der Waals surface area (Å²) in [7, 11) is 0. The van der Waals surface area contributed by atoms with Crippen molar-refractivity contribution < 1.29 is 19.1 Å². The largest absolute Gasteiger partial charge is 0.445 e. The lowest BCUT2D eigenvalue weighted by atomic mass is 10.1. The van der Waals surface area contributed by atoms with Crippen LogP contribution in [0.2, 0.25) is 0 Å². The van der Waals surface area contributed by atoms with Crippen LogP contribution in [0.25, 0.3) is 0 Å². The Kier molecular flexibility index (Phi) is 7.73. The molecule has 0 aliphatic carbocycles. The van der Waals surface area contributed by atoms with Gasteiger partial charge in [0.1, 0.15) is 6.61 Å². The molecule has 1 aliphatic heterocycles. The number of carbonyl (C=O) groups excluding carboxylic acids is 3. The molecule has 2 rings (SSSR count). The number of likely N-dealkylation sites (tertiary alicyclic amines) is 1. The van der Waals surface area contributed by atoms with Gasteiger partial charge < -0.3 is 25.6 Å². The summed E-state index contributed by atoms with van der Waals surface area (Å²) in [6, 6.07) is 9.30. The molecule has 0 unspecified atom stereocenters. The molecular formula is C18H26N4O4. The van der Waals surface area contributed by atoms with Crippen LogP contribution in [0.3, 0.4) is 0 Å². The average molecular weight is 362 g/mol. The number of hydrogen-bond donors (Lipinski definition) is 3. The van der Waals surface area contributed by atoms with E-state index in [0.717, 1.165) is 5.56 Å². The molecule has 3 N–H and O–H groups in total. The number of urea groups is 1. The summed E-state index contributed by atoms with van der Waals surface area (Å²) in [5.41, 5.74) is 0.952. The van der Waals surface area contributed by atoms with Gasteiger partial charge in [-0.05, 0) is 18.4 Å². The maximum Gasteiger partial charge on any atom is 0.410 e. The van der Waals surface area contributed by atoms with Crippen LogP contribution in [0.1, 0.15) is 25.3 Å². The van der Waals surface area contributed by atoms with Gasteiger partial charge in [0.15, 0.2) is 0 Å². The van der Waals surface area contributed by atoms with Gasteiger partial charge in [0.2, 0.25) is 5.91 Å². The van der Waals surface area contributed by atoms with Gasteiger partial charge in [0.25, 0.3) is 0 Å². The van der Waals surface area contributed by atoms with Gasteiger partial charge in [-0.1, -0.05) is 30.3 Å². The van der Waals surface area contributed by atoms with Gasteiger partial charge >= 0.3 is 12.1 Å². The van der Waals surface area contributed by atoms with Crippen molar-refractivity contribution in [3.05, 3.63) is 35.9 Å². The van der Waals surface area contributed by atoms with E-state index >= 15 is 0 Å². The lowest BCUT2D eigenvalue weighted by molar-refractivity contribution is -0.118. The van der Waals surface area contributed by atoms with Crippen LogP contribution in [0.15, 0.2) is 30.3 Å².